The van der Waals surface area contributed by atoms with Gasteiger partial charge in [-0.05, 0) is 18.9 Å². The van der Waals surface area contributed by atoms with Crippen molar-refractivity contribution in [1.82, 2.24) is 4.90 Å². The Morgan fingerprint density at radius 2 is 1.62 bits per heavy atom. The number of aliphatic hydroxyl groups excluding tert-OH is 1. The van der Waals surface area contributed by atoms with E-state index < -0.39 is 18.7 Å². The Kier molecular flexibility index (Phi) is 5.76. The average molecular weight is 241 g/mol. The molecule has 0 saturated carbocycles. The smallest absolute Gasteiger partial charge is 0.390 e. The van der Waals surface area contributed by atoms with Gasteiger partial charge in [-0.2, -0.15) is 13.2 Å². The molecule has 0 heterocycles. The van der Waals surface area contributed by atoms with Crippen LogP contribution in [0.5, 0.6) is 0 Å². The lowest BCUT2D eigenvalue weighted by Gasteiger charge is -2.27. The Bertz CT molecular complexity index is 198. The van der Waals surface area contributed by atoms with Crippen LogP contribution in [0.15, 0.2) is 0 Å². The largest absolute Gasteiger partial charge is 0.393 e. The highest BCUT2D eigenvalue weighted by Gasteiger charge is 2.27. The van der Waals surface area contributed by atoms with Crippen LogP contribution in [0.1, 0.15) is 33.6 Å². The molecular weight excluding hydrogens is 219 g/mol. The molecule has 1 N–H and O–H groups in total. The molecule has 1 atom stereocenters. The second-order valence-corrected chi connectivity index (χ2v) is 5.34. The van der Waals surface area contributed by atoms with Crippen LogP contribution >= 0.6 is 0 Å². The normalized spacial score (nSPS) is 15.6. The van der Waals surface area contributed by atoms with E-state index in [9.17, 15) is 18.3 Å². The van der Waals surface area contributed by atoms with Gasteiger partial charge in [-0.1, -0.05) is 20.8 Å². The highest BCUT2D eigenvalue weighted by atomic mass is 19.4. The molecular formula is C11H22F3NO. The van der Waals surface area contributed by atoms with Crippen LogP contribution in [-0.2, 0) is 0 Å². The zero-order valence-electron chi connectivity index (χ0n) is 10.4. The van der Waals surface area contributed by atoms with Crippen molar-refractivity contribution in [1.29, 1.82) is 0 Å². The quantitative estimate of drug-likeness (QED) is 0.800. The van der Waals surface area contributed by atoms with Gasteiger partial charge < -0.3 is 10.0 Å². The fourth-order valence-electron chi connectivity index (χ4n) is 1.21. The summed E-state index contributed by atoms with van der Waals surface area (Å²) < 4.78 is 35.8. The summed E-state index contributed by atoms with van der Waals surface area (Å²) >= 11 is 0. The Morgan fingerprint density at radius 1 is 1.12 bits per heavy atom. The van der Waals surface area contributed by atoms with Gasteiger partial charge in [-0.25, -0.2) is 0 Å². The number of hydrogen-bond donors (Lipinski definition) is 1. The molecule has 0 aromatic carbocycles. The SMILES string of the molecule is CN(CCC(O)C(C)(C)C)CCC(F)(F)F. The van der Waals surface area contributed by atoms with Crippen molar-refractivity contribution < 1.29 is 18.3 Å². The van der Waals surface area contributed by atoms with E-state index in [0.29, 0.717) is 13.0 Å². The Hall–Kier alpha value is -0.290. The first kappa shape index (κ1) is 15.7. The Labute approximate surface area is 95.4 Å². The maximum Gasteiger partial charge on any atom is 0.390 e. The maximum absolute atomic E-state index is 11.9. The molecule has 0 fully saturated rings. The van der Waals surface area contributed by atoms with Crippen LogP contribution in [-0.4, -0.2) is 42.4 Å². The van der Waals surface area contributed by atoms with E-state index in [4.69, 9.17) is 0 Å². The summed E-state index contributed by atoms with van der Waals surface area (Å²) in [5.41, 5.74) is -0.217. The first-order valence-corrected chi connectivity index (χ1v) is 5.46. The summed E-state index contributed by atoms with van der Waals surface area (Å²) in [5, 5.41) is 9.71. The summed E-state index contributed by atoms with van der Waals surface area (Å²) in [6.45, 7) is 6.20. The van der Waals surface area contributed by atoms with Gasteiger partial charge >= 0.3 is 6.18 Å². The zero-order valence-corrected chi connectivity index (χ0v) is 10.4. The second-order valence-electron chi connectivity index (χ2n) is 5.34. The van der Waals surface area contributed by atoms with E-state index in [1.54, 1.807) is 11.9 Å². The zero-order chi connectivity index (χ0) is 13.0. The van der Waals surface area contributed by atoms with Crippen LogP contribution in [0.3, 0.4) is 0 Å². The lowest BCUT2D eigenvalue weighted by Crippen LogP contribution is -2.32. The van der Waals surface area contributed by atoms with Crippen LogP contribution in [0.2, 0.25) is 0 Å². The third-order valence-electron chi connectivity index (χ3n) is 2.56. The molecule has 16 heavy (non-hydrogen) atoms. The summed E-state index contributed by atoms with van der Waals surface area (Å²) in [6, 6.07) is 0. The van der Waals surface area contributed by atoms with Crippen molar-refractivity contribution in [3.63, 3.8) is 0 Å². The van der Waals surface area contributed by atoms with Gasteiger partial charge in [-0.3, -0.25) is 0 Å². The molecule has 0 aliphatic heterocycles. The molecule has 2 nitrogen and oxygen atoms in total. The van der Waals surface area contributed by atoms with Crippen molar-refractivity contribution in [3.8, 4) is 0 Å². The molecule has 0 amide bonds. The topological polar surface area (TPSA) is 23.5 Å². The average Bonchev–Trinajstić information content (AvgIpc) is 2.08. The molecule has 0 radical (unpaired) electrons. The monoisotopic (exact) mass is 241 g/mol. The minimum atomic E-state index is -4.10. The van der Waals surface area contributed by atoms with Crippen molar-refractivity contribution in [2.24, 2.45) is 5.41 Å². The van der Waals surface area contributed by atoms with Crippen molar-refractivity contribution >= 4 is 0 Å². The van der Waals surface area contributed by atoms with Gasteiger partial charge in [0.1, 0.15) is 0 Å². The molecule has 5 heteroatoms. The number of alkyl halides is 3. The molecule has 1 unspecified atom stereocenters. The minimum Gasteiger partial charge on any atom is -0.393 e. The van der Waals surface area contributed by atoms with Crippen LogP contribution < -0.4 is 0 Å². The van der Waals surface area contributed by atoms with Crippen LogP contribution in [0.25, 0.3) is 0 Å². The minimum absolute atomic E-state index is 0.0135. The van der Waals surface area contributed by atoms with E-state index in [2.05, 4.69) is 0 Å². The number of rotatable bonds is 5. The summed E-state index contributed by atoms with van der Waals surface area (Å²) in [4.78, 5) is 1.60. The van der Waals surface area contributed by atoms with Gasteiger partial charge in [0.2, 0.25) is 0 Å². The first-order valence-electron chi connectivity index (χ1n) is 5.46. The first-order chi connectivity index (χ1) is 7.02. The van der Waals surface area contributed by atoms with Crippen molar-refractivity contribution in [2.45, 2.75) is 45.9 Å². The second kappa shape index (κ2) is 5.87. The summed E-state index contributed by atoms with van der Waals surface area (Å²) in [6.07, 6.45) is -4.88. The third kappa shape index (κ3) is 7.93. The van der Waals surface area contributed by atoms with Crippen LogP contribution in [0, 0.1) is 5.41 Å². The highest BCUT2D eigenvalue weighted by molar-refractivity contribution is 4.73. The van der Waals surface area contributed by atoms with Crippen molar-refractivity contribution in [3.05, 3.63) is 0 Å². The third-order valence-corrected chi connectivity index (χ3v) is 2.56. The lowest BCUT2D eigenvalue weighted by atomic mass is 9.87. The predicted molar refractivity (Wildman–Crippen MR) is 58.2 cm³/mol. The van der Waals surface area contributed by atoms with E-state index in [1.165, 1.54) is 0 Å². The molecule has 0 saturated heterocycles. The fourth-order valence-corrected chi connectivity index (χ4v) is 1.21. The Morgan fingerprint density at radius 3 is 2.00 bits per heavy atom. The van der Waals surface area contributed by atoms with E-state index in [-0.39, 0.29) is 12.0 Å². The predicted octanol–water partition coefficient (Wildman–Crippen LogP) is 2.67. The van der Waals surface area contributed by atoms with Gasteiger partial charge in [0.25, 0.3) is 0 Å². The van der Waals surface area contributed by atoms with E-state index >= 15 is 0 Å². The summed E-state index contributed by atoms with van der Waals surface area (Å²) in [7, 11) is 1.64. The van der Waals surface area contributed by atoms with Gasteiger partial charge in [0.15, 0.2) is 0 Å². The number of nitrogens with zero attached hydrogens (tertiary/aromatic N) is 1. The summed E-state index contributed by atoms with van der Waals surface area (Å²) in [5.74, 6) is 0. The number of aliphatic hydroxyl groups is 1. The van der Waals surface area contributed by atoms with E-state index in [1.807, 2.05) is 20.8 Å². The maximum atomic E-state index is 11.9. The van der Waals surface area contributed by atoms with Gasteiger partial charge in [0.05, 0.1) is 12.5 Å². The lowest BCUT2D eigenvalue weighted by molar-refractivity contribution is -0.137. The molecule has 0 rings (SSSR count). The molecule has 0 aliphatic rings. The van der Waals surface area contributed by atoms with Crippen LogP contribution in [0.4, 0.5) is 13.2 Å². The molecule has 0 spiro atoms. The number of hydrogen-bond acceptors (Lipinski definition) is 2. The fraction of sp³-hybridized carbons (Fsp3) is 1.00. The van der Waals surface area contributed by atoms with E-state index in [0.717, 1.165) is 0 Å². The molecule has 0 aliphatic carbocycles. The molecule has 98 valence electrons. The Balaban J connectivity index is 3.78. The van der Waals surface area contributed by atoms with Crippen molar-refractivity contribution in [2.75, 3.05) is 20.1 Å². The molecule has 0 aromatic heterocycles. The van der Waals surface area contributed by atoms with Gasteiger partial charge in [0, 0.05) is 13.1 Å². The standard InChI is InChI=1S/C11H22F3NO/c1-10(2,3)9(16)5-7-15(4)8-6-11(12,13)14/h9,16H,5-8H2,1-4H3. The molecule has 0 bridgehead atoms. The highest BCUT2D eigenvalue weighted by Crippen LogP contribution is 2.22. The number of halogens is 3. The van der Waals surface area contributed by atoms with Gasteiger partial charge in [-0.15, -0.1) is 0 Å². The molecule has 0 aromatic rings.